The number of rotatable bonds is 3. The second kappa shape index (κ2) is 15.5. The predicted octanol–water partition coefficient (Wildman–Crippen LogP) is 5.37. The molecule has 0 fully saturated rings. The summed E-state index contributed by atoms with van der Waals surface area (Å²) < 4.78 is 0. The van der Waals surface area contributed by atoms with E-state index in [0.29, 0.717) is 0 Å². The normalized spacial score (nSPS) is 9.09. The molecule has 0 aliphatic carbocycles. The summed E-state index contributed by atoms with van der Waals surface area (Å²) in [6, 6.07) is 39.8. The Labute approximate surface area is 236 Å². The van der Waals surface area contributed by atoms with E-state index in [2.05, 4.69) is 39.2 Å². The monoisotopic (exact) mass is 676 g/mol. The minimum atomic E-state index is 0. The smallest absolute Gasteiger partial charge is 0.0748 e. The molecular formula is C27H17BIrN3Y-4. The number of hydrogen-bond acceptors (Lipinski definition) is 3. The van der Waals surface area contributed by atoms with Crippen molar-refractivity contribution in [2.24, 2.45) is 0 Å². The fourth-order valence-electron chi connectivity index (χ4n) is 2.76. The van der Waals surface area contributed by atoms with Gasteiger partial charge in [-0.3, -0.25) is 33.2 Å². The van der Waals surface area contributed by atoms with E-state index in [1.165, 1.54) is 0 Å². The van der Waals surface area contributed by atoms with E-state index in [0.717, 1.165) is 33.8 Å². The van der Waals surface area contributed by atoms with Crippen molar-refractivity contribution in [3.05, 3.63) is 128 Å². The van der Waals surface area contributed by atoms with Crippen molar-refractivity contribution in [1.29, 1.82) is 0 Å². The van der Waals surface area contributed by atoms with Crippen molar-refractivity contribution in [3.8, 4) is 33.8 Å². The number of aromatic nitrogens is 3. The van der Waals surface area contributed by atoms with Gasteiger partial charge in [0.25, 0.3) is 0 Å². The zero-order valence-corrected chi connectivity index (χ0v) is 22.9. The van der Waals surface area contributed by atoms with Gasteiger partial charge in [-0.2, -0.15) is 5.56 Å². The first-order chi connectivity index (χ1) is 14.9. The molecule has 0 bridgehead atoms. The van der Waals surface area contributed by atoms with Crippen LogP contribution in [-0.2, 0) is 52.8 Å². The molecule has 0 aliphatic heterocycles. The molecule has 0 saturated carbocycles. The number of nitrogens with zero attached hydrogens (tertiary/aromatic N) is 3. The van der Waals surface area contributed by atoms with E-state index in [-0.39, 0.29) is 61.2 Å². The Morgan fingerprint density at radius 1 is 0.545 bits per heavy atom. The topological polar surface area (TPSA) is 38.7 Å². The van der Waals surface area contributed by atoms with Gasteiger partial charge >= 0.3 is 0 Å². The van der Waals surface area contributed by atoms with Crippen molar-refractivity contribution >= 4 is 8.41 Å². The summed E-state index contributed by atoms with van der Waals surface area (Å²) >= 11 is 0. The number of hydrogen-bond donors (Lipinski definition) is 0. The van der Waals surface area contributed by atoms with Gasteiger partial charge in [-0.15, -0.1) is 72.3 Å². The molecule has 3 aromatic carbocycles. The maximum absolute atomic E-state index is 4.31. The van der Waals surface area contributed by atoms with E-state index >= 15 is 0 Å². The molecule has 2 heterocycles. The Balaban J connectivity index is 0.000000322. The Morgan fingerprint density at radius 2 is 1.18 bits per heavy atom. The summed E-state index contributed by atoms with van der Waals surface area (Å²) in [5.74, 6) is 0.720. The molecule has 5 aromatic rings. The molecule has 159 valence electrons. The van der Waals surface area contributed by atoms with Crippen molar-refractivity contribution in [2.45, 2.75) is 0 Å². The standard InChI is InChI=1S/C17H10N.C10H7N2.B.Ir.Y/c1-2-7-14(8-3-1)15-9-6-10-16(13-15)17-11-4-5-12-18-17;1-2-5-9(6-3-1)10-11-7-4-8-12-10;;;/h1-7,9,11-12H;1-5,7-8H;;;/q-3;-1;;;. The molecule has 0 amide bonds. The average molecular weight is 675 g/mol. The van der Waals surface area contributed by atoms with Crippen molar-refractivity contribution in [3.63, 3.8) is 0 Å². The molecule has 5 radical (unpaired) electrons. The molecule has 2 aromatic heterocycles. The molecule has 0 saturated heterocycles. The van der Waals surface area contributed by atoms with Gasteiger partial charge in [-0.05, 0) is 12.1 Å². The zero-order valence-electron chi connectivity index (χ0n) is 17.6. The van der Waals surface area contributed by atoms with Crippen LogP contribution in [0.25, 0.3) is 33.8 Å². The van der Waals surface area contributed by atoms with Crippen LogP contribution in [0.2, 0.25) is 0 Å². The van der Waals surface area contributed by atoms with Crippen LogP contribution in [0.3, 0.4) is 0 Å². The Bertz CT molecular complexity index is 1090. The molecule has 6 heteroatoms. The van der Waals surface area contributed by atoms with Gasteiger partial charge in [-0.1, -0.05) is 11.8 Å². The molecule has 0 aliphatic rings. The number of pyridine rings is 1. The van der Waals surface area contributed by atoms with Crippen molar-refractivity contribution in [2.75, 3.05) is 0 Å². The molecule has 33 heavy (non-hydrogen) atoms. The molecule has 0 N–H and O–H groups in total. The summed E-state index contributed by atoms with van der Waals surface area (Å²) in [4.78, 5) is 12.5. The van der Waals surface area contributed by atoms with Crippen LogP contribution in [0.5, 0.6) is 0 Å². The second-order valence-electron chi connectivity index (χ2n) is 6.23. The third kappa shape index (κ3) is 8.53. The summed E-state index contributed by atoms with van der Waals surface area (Å²) in [5, 5.41) is 0. The molecule has 0 atom stereocenters. The van der Waals surface area contributed by atoms with Gasteiger partial charge < -0.3 is 11.1 Å². The van der Waals surface area contributed by atoms with Gasteiger partial charge in [0, 0.05) is 79.8 Å². The predicted molar refractivity (Wildman–Crippen MR) is 124 cm³/mol. The van der Waals surface area contributed by atoms with Crippen LogP contribution < -0.4 is 0 Å². The van der Waals surface area contributed by atoms with Crippen LogP contribution in [0.15, 0.2) is 104 Å². The van der Waals surface area contributed by atoms with E-state index in [1.807, 2.05) is 78.9 Å². The molecule has 5 rings (SSSR count). The quantitative estimate of drug-likeness (QED) is 0.191. The summed E-state index contributed by atoms with van der Waals surface area (Å²) in [6.45, 7) is 0. The first-order valence-corrected chi connectivity index (χ1v) is 9.47. The number of benzene rings is 3. The van der Waals surface area contributed by atoms with Crippen molar-refractivity contribution < 1.29 is 52.8 Å². The first-order valence-electron chi connectivity index (χ1n) is 9.47. The SMILES string of the molecule is [B].[Ir].[Y].[c-]1ccc(-c2[c-]cccc2)[c-]c1-c1ccccn1.[c-]1ccccc1-c1ncccn1. The fourth-order valence-corrected chi connectivity index (χ4v) is 2.76. The van der Waals surface area contributed by atoms with Gasteiger partial charge in [0.1, 0.15) is 0 Å². The Hall–Kier alpha value is -2.29. The maximum atomic E-state index is 4.31. The van der Waals surface area contributed by atoms with Gasteiger partial charge in [0.15, 0.2) is 0 Å². The van der Waals surface area contributed by atoms with E-state index < -0.39 is 0 Å². The van der Waals surface area contributed by atoms with E-state index in [4.69, 9.17) is 0 Å². The molecule has 0 spiro atoms. The van der Waals surface area contributed by atoms with Gasteiger partial charge in [0.2, 0.25) is 0 Å². The molecular weight excluding hydrogens is 658 g/mol. The third-order valence-electron chi connectivity index (χ3n) is 4.17. The summed E-state index contributed by atoms with van der Waals surface area (Å²) in [7, 11) is 0. The average Bonchev–Trinajstić information content (AvgIpc) is 2.87. The van der Waals surface area contributed by atoms with Crippen LogP contribution in [-0.4, -0.2) is 23.4 Å². The molecule has 3 nitrogen and oxygen atoms in total. The molecule has 0 unspecified atom stereocenters. The van der Waals surface area contributed by atoms with Crippen LogP contribution in [0.1, 0.15) is 0 Å². The van der Waals surface area contributed by atoms with E-state index in [1.54, 1.807) is 24.7 Å². The minimum Gasteiger partial charge on any atom is -0.352 e. The van der Waals surface area contributed by atoms with E-state index in [9.17, 15) is 0 Å². The Kier molecular flexibility index (Phi) is 13.5. The summed E-state index contributed by atoms with van der Waals surface area (Å²) in [6.07, 6.45) is 5.23. The van der Waals surface area contributed by atoms with Crippen molar-refractivity contribution in [1.82, 2.24) is 15.0 Å². The maximum Gasteiger partial charge on any atom is 0.0748 e. The second-order valence-corrected chi connectivity index (χ2v) is 6.23. The zero-order chi connectivity index (χ0) is 20.4. The minimum absolute atomic E-state index is 0. The van der Waals surface area contributed by atoms with Crippen LogP contribution in [0.4, 0.5) is 0 Å². The van der Waals surface area contributed by atoms with Gasteiger partial charge in [0.05, 0.1) is 5.82 Å². The third-order valence-corrected chi connectivity index (χ3v) is 4.17. The first kappa shape index (κ1) is 28.7. The fraction of sp³-hybridized carbons (Fsp3) is 0. The van der Waals surface area contributed by atoms with Crippen LogP contribution in [0, 0.1) is 24.3 Å². The largest absolute Gasteiger partial charge is 0.352 e. The Morgan fingerprint density at radius 3 is 1.79 bits per heavy atom. The summed E-state index contributed by atoms with van der Waals surface area (Å²) in [5.41, 5.74) is 4.73. The van der Waals surface area contributed by atoms with Gasteiger partial charge in [-0.25, -0.2) is 6.07 Å². The van der Waals surface area contributed by atoms with Crippen LogP contribution >= 0.6 is 0 Å².